The minimum Gasteiger partial charge on any atom is -0.497 e. The second-order valence-electron chi connectivity index (χ2n) is 7.06. The van der Waals surface area contributed by atoms with Gasteiger partial charge in [-0.05, 0) is 17.7 Å². The normalized spacial score (nSPS) is 14.9. The van der Waals surface area contributed by atoms with Gasteiger partial charge in [-0.2, -0.15) is 0 Å². The topological polar surface area (TPSA) is 38.7 Å². The quantitative estimate of drug-likeness (QED) is 0.439. The molecule has 3 atom stereocenters. The van der Waals surface area contributed by atoms with Crippen molar-refractivity contribution in [3.05, 3.63) is 42.5 Å². The van der Waals surface area contributed by atoms with Gasteiger partial charge < -0.3 is 14.6 Å². The van der Waals surface area contributed by atoms with E-state index < -0.39 is 14.2 Å². The van der Waals surface area contributed by atoms with Crippen molar-refractivity contribution in [3.8, 4) is 17.2 Å². The second-order valence-corrected chi connectivity index (χ2v) is 11.8. The number of hydrogen-bond donors (Lipinski definition) is 1. The molecule has 1 aromatic rings. The molecule has 24 heavy (non-hydrogen) atoms. The first-order valence-electron chi connectivity index (χ1n) is 8.33. The van der Waals surface area contributed by atoms with Crippen molar-refractivity contribution in [2.24, 2.45) is 5.92 Å². The number of methoxy groups -OCH3 is 1. The van der Waals surface area contributed by atoms with Gasteiger partial charge in [0.25, 0.3) is 0 Å². The van der Waals surface area contributed by atoms with E-state index in [9.17, 15) is 5.11 Å². The zero-order valence-electron chi connectivity index (χ0n) is 15.5. The lowest BCUT2D eigenvalue weighted by atomic mass is 9.99. The van der Waals surface area contributed by atoms with Gasteiger partial charge in [0, 0.05) is 12.3 Å². The molecule has 0 heterocycles. The minimum atomic E-state index is -1.48. The summed E-state index contributed by atoms with van der Waals surface area (Å²) >= 11 is 0. The molecular formula is C20H30O3Si. The monoisotopic (exact) mass is 346 g/mol. The van der Waals surface area contributed by atoms with Crippen molar-refractivity contribution in [3.63, 3.8) is 0 Å². The smallest absolute Gasteiger partial charge is 0.129 e. The molecule has 1 N–H and O–H groups in total. The first-order chi connectivity index (χ1) is 11.2. The molecule has 0 aromatic heterocycles. The SMILES string of the molecule is C=C[C@H](C)[C@@H](C[C@H](O)C#C[Si](C)(C)C)OCc1ccc(OC)cc1. The third-order valence-electron chi connectivity index (χ3n) is 3.65. The summed E-state index contributed by atoms with van der Waals surface area (Å²) in [5.74, 6) is 3.95. The highest BCUT2D eigenvalue weighted by Crippen LogP contribution is 2.18. The maximum Gasteiger partial charge on any atom is 0.129 e. The maximum absolute atomic E-state index is 10.2. The highest BCUT2D eigenvalue weighted by atomic mass is 28.3. The zero-order chi connectivity index (χ0) is 18.2. The van der Waals surface area contributed by atoms with Crippen LogP contribution in [-0.4, -0.2) is 32.5 Å². The van der Waals surface area contributed by atoms with Crippen molar-refractivity contribution >= 4 is 8.07 Å². The van der Waals surface area contributed by atoms with Gasteiger partial charge in [0.2, 0.25) is 0 Å². The summed E-state index contributed by atoms with van der Waals surface area (Å²) in [6, 6.07) is 7.80. The van der Waals surface area contributed by atoms with Crippen LogP contribution in [0.3, 0.4) is 0 Å². The van der Waals surface area contributed by atoms with E-state index in [1.807, 2.05) is 37.3 Å². The Morgan fingerprint density at radius 3 is 2.38 bits per heavy atom. The molecule has 0 saturated carbocycles. The summed E-state index contributed by atoms with van der Waals surface area (Å²) < 4.78 is 11.2. The van der Waals surface area contributed by atoms with Crippen LogP contribution in [0.4, 0.5) is 0 Å². The van der Waals surface area contributed by atoms with Gasteiger partial charge in [0.05, 0.1) is 19.8 Å². The van der Waals surface area contributed by atoms with Crippen molar-refractivity contribution in [2.45, 2.75) is 51.8 Å². The average molecular weight is 347 g/mol. The van der Waals surface area contributed by atoms with Crippen LogP contribution in [0.25, 0.3) is 0 Å². The van der Waals surface area contributed by atoms with Crippen molar-refractivity contribution in [1.82, 2.24) is 0 Å². The molecule has 4 heteroatoms. The van der Waals surface area contributed by atoms with Crippen LogP contribution in [0.2, 0.25) is 19.6 Å². The predicted octanol–water partition coefficient (Wildman–Crippen LogP) is 4.03. The summed E-state index contributed by atoms with van der Waals surface area (Å²) in [7, 11) is 0.168. The molecule has 0 aliphatic heterocycles. The van der Waals surface area contributed by atoms with Crippen molar-refractivity contribution < 1.29 is 14.6 Å². The Morgan fingerprint density at radius 1 is 1.25 bits per heavy atom. The lowest BCUT2D eigenvalue weighted by Gasteiger charge is -2.23. The summed E-state index contributed by atoms with van der Waals surface area (Å²) in [5, 5.41) is 10.2. The number of aliphatic hydroxyl groups is 1. The van der Waals surface area contributed by atoms with Gasteiger partial charge in [-0.25, -0.2) is 0 Å². The number of hydrogen-bond acceptors (Lipinski definition) is 3. The third kappa shape index (κ3) is 7.83. The van der Waals surface area contributed by atoms with Gasteiger partial charge in [-0.3, -0.25) is 0 Å². The lowest BCUT2D eigenvalue weighted by Crippen LogP contribution is -2.26. The van der Waals surface area contributed by atoms with Crippen LogP contribution in [0.1, 0.15) is 18.9 Å². The van der Waals surface area contributed by atoms with E-state index >= 15 is 0 Å². The predicted molar refractivity (Wildman–Crippen MR) is 103 cm³/mol. The van der Waals surface area contributed by atoms with Crippen LogP contribution in [0.15, 0.2) is 36.9 Å². The number of benzene rings is 1. The van der Waals surface area contributed by atoms with Crippen LogP contribution in [-0.2, 0) is 11.3 Å². The Kier molecular flexibility index (Phi) is 8.27. The van der Waals surface area contributed by atoms with Crippen LogP contribution in [0.5, 0.6) is 5.75 Å². The molecule has 1 aromatic carbocycles. The van der Waals surface area contributed by atoms with Crippen molar-refractivity contribution in [2.75, 3.05) is 7.11 Å². The number of aliphatic hydroxyl groups excluding tert-OH is 1. The standard InChI is InChI=1S/C20H30O3Si/c1-7-16(2)20(14-18(21)12-13-24(4,5)6)23-15-17-8-10-19(22-3)11-9-17/h7-11,16,18,20-21H,1,14-15H2,2-6H3/t16-,18+,20+/m0/s1. The van der Waals surface area contributed by atoms with Gasteiger partial charge in [-0.1, -0.05) is 50.7 Å². The zero-order valence-corrected chi connectivity index (χ0v) is 16.5. The van der Waals surface area contributed by atoms with Gasteiger partial charge in [-0.15, -0.1) is 12.1 Å². The van der Waals surface area contributed by atoms with Gasteiger partial charge >= 0.3 is 0 Å². The first-order valence-corrected chi connectivity index (χ1v) is 11.8. The largest absolute Gasteiger partial charge is 0.497 e. The van der Waals surface area contributed by atoms with Crippen LogP contribution >= 0.6 is 0 Å². The van der Waals surface area contributed by atoms with Gasteiger partial charge in [0.15, 0.2) is 0 Å². The molecule has 1 rings (SSSR count). The first kappa shape index (κ1) is 20.5. The summed E-state index contributed by atoms with van der Waals surface area (Å²) in [5.41, 5.74) is 4.28. The van der Waals surface area contributed by atoms with E-state index in [-0.39, 0.29) is 12.0 Å². The Labute approximate surface area is 147 Å². The fraction of sp³-hybridized carbons (Fsp3) is 0.500. The summed E-state index contributed by atoms with van der Waals surface area (Å²) in [4.78, 5) is 0. The number of ether oxygens (including phenoxy) is 2. The Balaban J connectivity index is 2.67. The van der Waals surface area contributed by atoms with Crippen molar-refractivity contribution in [1.29, 1.82) is 0 Å². The fourth-order valence-corrected chi connectivity index (χ4v) is 2.69. The molecule has 0 saturated heterocycles. The molecule has 132 valence electrons. The highest BCUT2D eigenvalue weighted by molar-refractivity contribution is 6.83. The Morgan fingerprint density at radius 2 is 1.88 bits per heavy atom. The molecule has 0 spiro atoms. The average Bonchev–Trinajstić information content (AvgIpc) is 2.55. The van der Waals surface area contributed by atoms with E-state index in [4.69, 9.17) is 9.47 Å². The molecule has 0 radical (unpaired) electrons. The summed E-state index contributed by atoms with van der Waals surface area (Å²) in [6.45, 7) is 12.9. The van der Waals surface area contributed by atoms with Crippen LogP contribution < -0.4 is 4.74 Å². The molecule has 0 aliphatic carbocycles. The Hall–Kier alpha value is -1.54. The minimum absolute atomic E-state index is 0.115. The lowest BCUT2D eigenvalue weighted by molar-refractivity contribution is -0.00577. The van der Waals surface area contributed by atoms with Gasteiger partial charge in [0.1, 0.15) is 19.9 Å². The molecule has 0 unspecified atom stereocenters. The molecule has 0 fully saturated rings. The van der Waals surface area contributed by atoms with E-state index in [1.54, 1.807) is 7.11 Å². The number of rotatable bonds is 8. The Bertz CT molecular complexity index is 563. The fourth-order valence-electron chi connectivity index (χ4n) is 2.09. The highest BCUT2D eigenvalue weighted by Gasteiger charge is 2.19. The maximum atomic E-state index is 10.2. The second kappa shape index (κ2) is 9.68. The molecule has 0 aliphatic rings. The van der Waals surface area contributed by atoms with E-state index in [2.05, 4.69) is 37.7 Å². The molecular weight excluding hydrogens is 316 g/mol. The van der Waals surface area contributed by atoms with E-state index in [1.165, 1.54) is 0 Å². The summed E-state index contributed by atoms with van der Waals surface area (Å²) in [6.07, 6.45) is 1.56. The van der Waals surface area contributed by atoms with E-state index in [0.717, 1.165) is 11.3 Å². The van der Waals surface area contributed by atoms with Crippen LogP contribution in [0, 0.1) is 17.4 Å². The molecule has 0 amide bonds. The third-order valence-corrected chi connectivity index (χ3v) is 4.55. The molecule has 0 bridgehead atoms. The molecule has 3 nitrogen and oxygen atoms in total. The van der Waals surface area contributed by atoms with E-state index in [0.29, 0.717) is 13.0 Å².